The van der Waals surface area contributed by atoms with Gasteiger partial charge in [-0.15, -0.1) is 0 Å². The molecule has 5 nitrogen and oxygen atoms in total. The molecule has 1 rings (SSSR count). The highest BCUT2D eigenvalue weighted by Gasteiger charge is 2.17. The number of rotatable bonds is 5. The van der Waals surface area contributed by atoms with Crippen LogP contribution in [0.3, 0.4) is 0 Å². The largest absolute Gasteiger partial charge is 0.493 e. The van der Waals surface area contributed by atoms with Gasteiger partial charge in [0, 0.05) is 6.07 Å². The summed E-state index contributed by atoms with van der Waals surface area (Å²) in [6.45, 7) is -0.113. The third kappa shape index (κ3) is 3.59. The number of ether oxygens (including phenoxy) is 2. The Hall–Kier alpha value is -1.82. The molecule has 1 aromatic rings. The van der Waals surface area contributed by atoms with Gasteiger partial charge in [0.2, 0.25) is 0 Å². The third-order valence-corrected chi connectivity index (χ3v) is 2.27. The molecular weight excluding hydrogens is 267 g/mol. The number of hydrogen-bond acceptors (Lipinski definition) is 4. The fraction of sp³-hybridized carbons (Fsp3) is 0.273. The van der Waals surface area contributed by atoms with E-state index in [1.807, 2.05) is 0 Å². The van der Waals surface area contributed by atoms with Gasteiger partial charge in [0.25, 0.3) is 0 Å². The van der Waals surface area contributed by atoms with Gasteiger partial charge in [-0.05, 0) is 6.07 Å². The third-order valence-electron chi connectivity index (χ3n) is 1.99. The van der Waals surface area contributed by atoms with Crippen molar-refractivity contribution in [3.8, 4) is 5.75 Å². The number of carbonyl (C=O) groups is 2. The van der Waals surface area contributed by atoms with Crippen LogP contribution in [0.15, 0.2) is 12.1 Å². The number of methoxy groups -OCH3 is 1. The maximum atomic E-state index is 13.5. The van der Waals surface area contributed by atoms with E-state index in [2.05, 4.69) is 4.74 Å². The zero-order valence-corrected chi connectivity index (χ0v) is 10.2. The van der Waals surface area contributed by atoms with Crippen LogP contribution in [0.2, 0.25) is 5.02 Å². The van der Waals surface area contributed by atoms with Crippen LogP contribution < -0.4 is 4.74 Å². The van der Waals surface area contributed by atoms with Crippen LogP contribution in [0, 0.1) is 5.82 Å². The van der Waals surface area contributed by atoms with Crippen molar-refractivity contribution in [3.63, 3.8) is 0 Å². The first-order valence-corrected chi connectivity index (χ1v) is 5.25. The van der Waals surface area contributed by atoms with Gasteiger partial charge in [-0.2, -0.15) is 0 Å². The maximum absolute atomic E-state index is 13.5. The van der Waals surface area contributed by atoms with Crippen molar-refractivity contribution in [2.24, 2.45) is 0 Å². The van der Waals surface area contributed by atoms with Gasteiger partial charge in [-0.25, -0.2) is 9.18 Å². The summed E-state index contributed by atoms with van der Waals surface area (Å²) in [6.07, 6.45) is -0.220. The van der Waals surface area contributed by atoms with Crippen LogP contribution in [-0.2, 0) is 9.53 Å². The minimum absolute atomic E-state index is 0.100. The first-order valence-electron chi connectivity index (χ1n) is 4.87. The number of halogens is 2. The van der Waals surface area contributed by atoms with Gasteiger partial charge in [0.15, 0.2) is 5.82 Å². The van der Waals surface area contributed by atoms with Crippen molar-refractivity contribution in [3.05, 3.63) is 28.5 Å². The van der Waals surface area contributed by atoms with Crippen molar-refractivity contribution in [1.82, 2.24) is 0 Å². The first kappa shape index (κ1) is 14.2. The second-order valence-corrected chi connectivity index (χ2v) is 3.66. The Labute approximate surface area is 107 Å². The van der Waals surface area contributed by atoms with Crippen molar-refractivity contribution >= 4 is 23.5 Å². The summed E-state index contributed by atoms with van der Waals surface area (Å²) in [5.41, 5.74) is -0.365. The van der Waals surface area contributed by atoms with E-state index in [1.54, 1.807) is 0 Å². The summed E-state index contributed by atoms with van der Waals surface area (Å²) in [7, 11) is 1.10. The Bertz CT molecular complexity index is 475. The summed E-state index contributed by atoms with van der Waals surface area (Å²) < 4.78 is 22.9. The molecular formula is C11H10ClFO5. The summed E-state index contributed by atoms with van der Waals surface area (Å²) in [6, 6.07) is 2.26. The molecule has 1 aromatic carbocycles. The SMILES string of the molecule is COC(=O)c1cc(OCCC(=O)O)cc(Cl)c1F. The average molecular weight is 277 g/mol. The van der Waals surface area contributed by atoms with E-state index in [1.165, 1.54) is 0 Å². The highest BCUT2D eigenvalue weighted by Crippen LogP contribution is 2.26. The zero-order chi connectivity index (χ0) is 13.7. The molecule has 0 spiro atoms. The van der Waals surface area contributed by atoms with Gasteiger partial charge >= 0.3 is 11.9 Å². The topological polar surface area (TPSA) is 72.8 Å². The van der Waals surface area contributed by atoms with E-state index in [-0.39, 0.29) is 29.4 Å². The Kier molecular flexibility index (Phi) is 4.91. The number of carboxylic acids is 1. The number of benzene rings is 1. The molecule has 0 aliphatic heterocycles. The van der Waals surface area contributed by atoms with Gasteiger partial charge in [-0.1, -0.05) is 11.6 Å². The van der Waals surface area contributed by atoms with Crippen molar-refractivity contribution in [1.29, 1.82) is 0 Å². The van der Waals surface area contributed by atoms with E-state index < -0.39 is 17.8 Å². The number of esters is 1. The molecule has 0 fully saturated rings. The molecule has 0 aliphatic carbocycles. The summed E-state index contributed by atoms with van der Waals surface area (Å²) >= 11 is 5.58. The van der Waals surface area contributed by atoms with Gasteiger partial charge in [0.1, 0.15) is 11.3 Å². The van der Waals surface area contributed by atoms with Crippen LogP contribution in [0.25, 0.3) is 0 Å². The normalized spacial score (nSPS) is 9.94. The van der Waals surface area contributed by atoms with E-state index in [0.717, 1.165) is 19.2 Å². The van der Waals surface area contributed by atoms with Crippen molar-refractivity contribution < 1.29 is 28.6 Å². The Balaban J connectivity index is 2.90. The smallest absolute Gasteiger partial charge is 0.341 e. The number of aliphatic carboxylic acids is 1. The summed E-state index contributed by atoms with van der Waals surface area (Å²) in [5.74, 6) is -2.73. The van der Waals surface area contributed by atoms with E-state index in [4.69, 9.17) is 21.4 Å². The van der Waals surface area contributed by atoms with Crippen LogP contribution in [-0.4, -0.2) is 30.8 Å². The van der Waals surface area contributed by atoms with Gasteiger partial charge in [-0.3, -0.25) is 4.79 Å². The molecule has 0 aliphatic rings. The first-order chi connectivity index (χ1) is 8.45. The highest BCUT2D eigenvalue weighted by atomic mass is 35.5. The number of carbonyl (C=O) groups excluding carboxylic acids is 1. The molecule has 0 unspecified atom stereocenters. The quantitative estimate of drug-likeness (QED) is 0.834. The lowest BCUT2D eigenvalue weighted by Gasteiger charge is -2.08. The fourth-order valence-corrected chi connectivity index (χ4v) is 1.37. The van der Waals surface area contributed by atoms with Crippen LogP contribution in [0.1, 0.15) is 16.8 Å². The molecule has 0 saturated heterocycles. The van der Waals surface area contributed by atoms with E-state index in [9.17, 15) is 14.0 Å². The number of hydrogen-bond donors (Lipinski definition) is 1. The highest BCUT2D eigenvalue weighted by molar-refractivity contribution is 6.31. The fourth-order valence-electron chi connectivity index (χ4n) is 1.16. The lowest BCUT2D eigenvalue weighted by Crippen LogP contribution is -2.08. The zero-order valence-electron chi connectivity index (χ0n) is 9.41. The monoisotopic (exact) mass is 276 g/mol. The Morgan fingerprint density at radius 3 is 2.67 bits per heavy atom. The average Bonchev–Trinajstić information content (AvgIpc) is 2.32. The maximum Gasteiger partial charge on any atom is 0.341 e. The second-order valence-electron chi connectivity index (χ2n) is 3.25. The van der Waals surface area contributed by atoms with Gasteiger partial charge in [0.05, 0.1) is 25.2 Å². The van der Waals surface area contributed by atoms with Crippen molar-refractivity contribution in [2.75, 3.05) is 13.7 Å². The molecule has 0 amide bonds. The lowest BCUT2D eigenvalue weighted by atomic mass is 10.2. The molecule has 0 heterocycles. The molecule has 18 heavy (non-hydrogen) atoms. The van der Waals surface area contributed by atoms with E-state index >= 15 is 0 Å². The molecule has 7 heteroatoms. The second kappa shape index (κ2) is 6.20. The summed E-state index contributed by atoms with van der Waals surface area (Å²) in [4.78, 5) is 21.5. The standard InChI is InChI=1S/C11H10ClFO5/c1-17-11(16)7-4-6(5-8(12)10(7)13)18-3-2-9(14)15/h4-5H,2-3H2,1H3,(H,14,15). The molecule has 0 radical (unpaired) electrons. The molecule has 0 bridgehead atoms. The Morgan fingerprint density at radius 1 is 1.44 bits per heavy atom. The molecule has 1 N–H and O–H groups in total. The molecule has 0 aromatic heterocycles. The van der Waals surface area contributed by atoms with E-state index in [0.29, 0.717) is 0 Å². The minimum Gasteiger partial charge on any atom is -0.493 e. The predicted molar refractivity (Wildman–Crippen MR) is 60.5 cm³/mol. The predicted octanol–water partition coefficient (Wildman–Crippen LogP) is 2.12. The Morgan fingerprint density at radius 2 is 2.11 bits per heavy atom. The van der Waals surface area contributed by atoms with Gasteiger partial charge < -0.3 is 14.6 Å². The lowest BCUT2D eigenvalue weighted by molar-refractivity contribution is -0.137. The van der Waals surface area contributed by atoms with Crippen LogP contribution >= 0.6 is 11.6 Å². The molecule has 0 saturated carbocycles. The molecule has 98 valence electrons. The minimum atomic E-state index is -1.03. The van der Waals surface area contributed by atoms with Crippen LogP contribution in [0.5, 0.6) is 5.75 Å². The van der Waals surface area contributed by atoms with Crippen molar-refractivity contribution in [2.45, 2.75) is 6.42 Å². The summed E-state index contributed by atoms with van der Waals surface area (Å²) in [5, 5.41) is 8.13. The van der Waals surface area contributed by atoms with Crippen LogP contribution in [0.4, 0.5) is 4.39 Å². The molecule has 0 atom stereocenters. The number of carboxylic acid groups (broad SMARTS) is 1.